The van der Waals surface area contributed by atoms with Gasteiger partial charge in [0.1, 0.15) is 0 Å². The van der Waals surface area contributed by atoms with Gasteiger partial charge in [0, 0.05) is 22.9 Å². The Bertz CT molecular complexity index is 1020. The normalized spacial score (nSPS) is 20.8. The van der Waals surface area contributed by atoms with Crippen LogP contribution in [0.3, 0.4) is 0 Å². The molecule has 2 atom stereocenters. The van der Waals surface area contributed by atoms with Gasteiger partial charge in [0.25, 0.3) is 11.8 Å². The molecule has 8 heteroatoms. The Morgan fingerprint density at radius 1 is 0.688 bits per heavy atom. The van der Waals surface area contributed by atoms with Crippen LogP contribution in [0.1, 0.15) is 37.8 Å². The molecule has 0 amide bonds. The molecule has 6 nitrogen and oxygen atoms in total. The maximum Gasteiger partial charge on any atom is 0.377 e. The molecule has 0 fully saturated rings. The van der Waals surface area contributed by atoms with Crippen molar-refractivity contribution in [2.24, 2.45) is 0 Å². The van der Waals surface area contributed by atoms with Gasteiger partial charge in [0.2, 0.25) is 25.2 Å². The van der Waals surface area contributed by atoms with Crippen LogP contribution in [-0.4, -0.2) is 57.9 Å². The largest absolute Gasteiger partial charge is 0.383 e. The number of ether oxygens (including phenoxy) is 2. The Hall–Kier alpha value is -2.70. The summed E-state index contributed by atoms with van der Waals surface area (Å²) >= 11 is 12.1. The predicted molar refractivity (Wildman–Crippen MR) is 127 cm³/mol. The van der Waals surface area contributed by atoms with Crippen molar-refractivity contribution >= 4 is 46.8 Å². The maximum absolute atomic E-state index is 8.35. The van der Waals surface area contributed by atoms with Crippen molar-refractivity contribution in [3.63, 3.8) is 0 Å². The van der Waals surface area contributed by atoms with Crippen molar-refractivity contribution < 1.29 is 18.6 Å². The molecule has 2 aliphatic rings. The number of nitrogens with one attached hydrogen (secondary N) is 2. The van der Waals surface area contributed by atoms with E-state index in [1.807, 2.05) is 48.5 Å². The molecule has 4 rings (SSSR count). The third-order valence-electron chi connectivity index (χ3n) is 5.83. The van der Waals surface area contributed by atoms with Gasteiger partial charge in [-0.3, -0.25) is 10.8 Å². The van der Waals surface area contributed by atoms with E-state index in [0.29, 0.717) is 34.9 Å². The maximum atomic E-state index is 8.35. The van der Waals surface area contributed by atoms with Crippen molar-refractivity contribution in [1.82, 2.24) is 0 Å². The molecule has 2 unspecified atom stereocenters. The third kappa shape index (κ3) is 4.30. The average Bonchev–Trinajstić information content (AvgIpc) is 3.28. The summed E-state index contributed by atoms with van der Waals surface area (Å²) in [5.41, 5.74) is 1.77. The first-order chi connectivity index (χ1) is 15.4. The van der Waals surface area contributed by atoms with Crippen LogP contribution >= 0.6 is 23.2 Å². The zero-order valence-corrected chi connectivity index (χ0v) is 19.6. The summed E-state index contributed by atoms with van der Waals surface area (Å²) in [7, 11) is 0. The lowest BCUT2D eigenvalue weighted by molar-refractivity contribution is -0.615. The number of hydrogen-bond donors (Lipinski definition) is 2. The van der Waals surface area contributed by atoms with Crippen molar-refractivity contribution in [2.45, 2.75) is 38.8 Å². The number of benzene rings is 2. The van der Waals surface area contributed by atoms with Gasteiger partial charge in [0.05, 0.1) is 11.1 Å². The van der Waals surface area contributed by atoms with Crippen LogP contribution < -0.4 is 0 Å². The molecular formula is C24H26Cl2N4O2+2. The van der Waals surface area contributed by atoms with Gasteiger partial charge in [0.15, 0.2) is 0 Å². The highest BCUT2D eigenvalue weighted by atomic mass is 35.5. The SMILES string of the molecule is CCC1C(=N)OC(c2ccc(Cl)cc2)=[N+]1CC[N+]1=C(c2ccc(Cl)cc2)OC(=N)C1CC. The van der Waals surface area contributed by atoms with Gasteiger partial charge in [-0.1, -0.05) is 37.0 Å². The molecule has 0 saturated heterocycles. The Kier molecular flexibility index (Phi) is 6.63. The molecule has 2 aromatic carbocycles. The molecule has 0 radical (unpaired) electrons. The van der Waals surface area contributed by atoms with Crippen molar-refractivity contribution in [2.75, 3.05) is 13.1 Å². The summed E-state index contributed by atoms with van der Waals surface area (Å²) in [6, 6.07) is 14.6. The number of halogens is 2. The quantitative estimate of drug-likeness (QED) is 0.568. The molecule has 2 aliphatic heterocycles. The van der Waals surface area contributed by atoms with Crippen LogP contribution in [0.4, 0.5) is 0 Å². The summed E-state index contributed by atoms with van der Waals surface area (Å²) in [6.07, 6.45) is 1.51. The Morgan fingerprint density at radius 2 is 1.03 bits per heavy atom. The highest BCUT2D eigenvalue weighted by molar-refractivity contribution is 6.31. The number of hydrogen-bond acceptors (Lipinski definition) is 4. The summed E-state index contributed by atoms with van der Waals surface area (Å²) in [6.45, 7) is 5.33. The van der Waals surface area contributed by atoms with E-state index in [1.54, 1.807) is 0 Å². The van der Waals surface area contributed by atoms with Crippen LogP contribution in [0.25, 0.3) is 0 Å². The highest BCUT2D eigenvalue weighted by Crippen LogP contribution is 2.21. The van der Waals surface area contributed by atoms with E-state index in [4.69, 9.17) is 43.5 Å². The van der Waals surface area contributed by atoms with Crippen LogP contribution in [0, 0.1) is 10.8 Å². The topological polar surface area (TPSA) is 72.2 Å². The first-order valence-corrected chi connectivity index (χ1v) is 11.5. The minimum Gasteiger partial charge on any atom is -0.383 e. The first kappa shape index (κ1) is 22.5. The van der Waals surface area contributed by atoms with Gasteiger partial charge >= 0.3 is 11.8 Å². The number of rotatable bonds is 7. The molecular weight excluding hydrogens is 447 g/mol. The van der Waals surface area contributed by atoms with Crippen molar-refractivity contribution in [3.8, 4) is 0 Å². The van der Waals surface area contributed by atoms with Crippen LogP contribution in [-0.2, 0) is 9.47 Å². The fraction of sp³-hybridized carbons (Fsp3) is 0.333. The Balaban J connectivity index is 1.70. The summed E-state index contributed by atoms with van der Waals surface area (Å²) in [4.78, 5) is 0. The standard InChI is InChI=1S/C24H26Cl2N4O2/c1-3-19-21(27)31-23(15-5-9-17(25)10-6-15)29(19)13-14-30-20(4-2)22(28)32-24(30)16-7-11-18(26)12-8-16/h5-12,19-20,27-28H,3-4,13-14H2,1-2H3/q+2. The monoisotopic (exact) mass is 472 g/mol. The van der Waals surface area contributed by atoms with E-state index in [9.17, 15) is 0 Å². The lowest BCUT2D eigenvalue weighted by Crippen LogP contribution is -2.37. The lowest BCUT2D eigenvalue weighted by Gasteiger charge is -2.08. The molecule has 2 heterocycles. The minimum atomic E-state index is -0.136. The molecule has 32 heavy (non-hydrogen) atoms. The smallest absolute Gasteiger partial charge is 0.377 e. The molecule has 0 aromatic heterocycles. The molecule has 0 saturated carbocycles. The van der Waals surface area contributed by atoms with E-state index >= 15 is 0 Å². The average molecular weight is 473 g/mol. The first-order valence-electron chi connectivity index (χ1n) is 10.7. The fourth-order valence-electron chi connectivity index (χ4n) is 4.20. The zero-order valence-electron chi connectivity index (χ0n) is 18.1. The molecule has 2 aromatic rings. The van der Waals surface area contributed by atoms with Gasteiger partial charge in [-0.2, -0.15) is 9.15 Å². The lowest BCUT2D eigenvalue weighted by atomic mass is 10.2. The summed E-state index contributed by atoms with van der Waals surface area (Å²) in [5, 5.41) is 18.0. The second-order valence-corrected chi connectivity index (χ2v) is 8.66. The van der Waals surface area contributed by atoms with E-state index in [-0.39, 0.29) is 23.9 Å². The van der Waals surface area contributed by atoms with Gasteiger partial charge in [-0.05, 0) is 48.5 Å². The molecule has 0 aliphatic carbocycles. The van der Waals surface area contributed by atoms with Crippen molar-refractivity contribution in [3.05, 3.63) is 69.7 Å². The van der Waals surface area contributed by atoms with E-state index in [0.717, 1.165) is 24.0 Å². The number of nitrogens with zero attached hydrogens (tertiary/aromatic N) is 2. The predicted octanol–water partition coefficient (Wildman–Crippen LogP) is 4.78. The third-order valence-corrected chi connectivity index (χ3v) is 6.33. The van der Waals surface area contributed by atoms with Crippen LogP contribution in [0.2, 0.25) is 10.0 Å². The summed E-state index contributed by atoms with van der Waals surface area (Å²) in [5.74, 6) is 1.82. The minimum absolute atomic E-state index is 0.136. The molecule has 2 N–H and O–H groups in total. The second-order valence-electron chi connectivity index (χ2n) is 7.79. The second kappa shape index (κ2) is 9.43. The van der Waals surface area contributed by atoms with E-state index in [2.05, 4.69) is 23.0 Å². The van der Waals surface area contributed by atoms with Crippen LogP contribution in [0.15, 0.2) is 48.5 Å². The van der Waals surface area contributed by atoms with Gasteiger partial charge in [-0.25, -0.2) is 0 Å². The highest BCUT2D eigenvalue weighted by Gasteiger charge is 2.44. The fourth-order valence-corrected chi connectivity index (χ4v) is 4.46. The van der Waals surface area contributed by atoms with Crippen LogP contribution in [0.5, 0.6) is 0 Å². The molecule has 0 bridgehead atoms. The van der Waals surface area contributed by atoms with E-state index < -0.39 is 0 Å². The molecule has 166 valence electrons. The van der Waals surface area contributed by atoms with Crippen molar-refractivity contribution in [1.29, 1.82) is 10.8 Å². The van der Waals surface area contributed by atoms with E-state index in [1.165, 1.54) is 0 Å². The Morgan fingerprint density at radius 3 is 1.34 bits per heavy atom. The van der Waals surface area contributed by atoms with Gasteiger partial charge < -0.3 is 9.47 Å². The van der Waals surface area contributed by atoms with Gasteiger partial charge in [-0.15, -0.1) is 0 Å². The summed E-state index contributed by atoms with van der Waals surface area (Å²) < 4.78 is 16.0. The Labute approximate surface area is 197 Å². The zero-order chi connectivity index (χ0) is 22.8. The molecule has 0 spiro atoms.